The van der Waals surface area contributed by atoms with E-state index < -0.39 is 22.0 Å². The van der Waals surface area contributed by atoms with Crippen molar-refractivity contribution in [2.24, 2.45) is 0 Å². The van der Waals surface area contributed by atoms with Crippen LogP contribution in [0.25, 0.3) is 0 Å². The van der Waals surface area contributed by atoms with Crippen molar-refractivity contribution in [3.8, 4) is 5.75 Å². The molecule has 0 spiro atoms. The number of ether oxygens (including phenoxy) is 1. The number of carbonyl (C=O) groups is 2. The second-order valence-electron chi connectivity index (χ2n) is 9.86. The highest BCUT2D eigenvalue weighted by Crippen LogP contribution is 2.37. The maximum absolute atomic E-state index is 13.0. The molecule has 10 heteroatoms. The Hall–Kier alpha value is -3.56. The number of nitrogens with zero attached hydrogens (tertiary/aromatic N) is 1. The molecule has 1 heterocycles. The van der Waals surface area contributed by atoms with Crippen LogP contribution < -0.4 is 19.7 Å². The van der Waals surface area contributed by atoms with E-state index in [1.807, 2.05) is 12.1 Å². The lowest BCUT2D eigenvalue weighted by Crippen LogP contribution is -2.48. The van der Waals surface area contributed by atoms with Gasteiger partial charge in [-0.15, -0.1) is 0 Å². The van der Waals surface area contributed by atoms with Crippen molar-refractivity contribution in [2.45, 2.75) is 32.3 Å². The highest BCUT2D eigenvalue weighted by molar-refractivity contribution is 7.92. The van der Waals surface area contributed by atoms with E-state index in [9.17, 15) is 18.0 Å². The van der Waals surface area contributed by atoms with E-state index in [0.717, 1.165) is 16.1 Å². The third kappa shape index (κ3) is 6.23. The molecule has 1 aliphatic rings. The van der Waals surface area contributed by atoms with Crippen LogP contribution in [0.5, 0.6) is 5.75 Å². The Kier molecular flexibility index (Phi) is 7.21. The molecule has 2 amide bonds. The SMILES string of the molecule is CC(C)(C)c1ccc(C(=O)Nc2cccc(NC(=O)[C@@H]3CN(S(C)(=O)=O)c4cc(Cl)ccc4O3)c2)cc1. The lowest BCUT2D eigenvalue weighted by molar-refractivity contribution is -0.122. The quantitative estimate of drug-likeness (QED) is 0.470. The van der Waals surface area contributed by atoms with Gasteiger partial charge >= 0.3 is 0 Å². The lowest BCUT2D eigenvalue weighted by atomic mass is 9.87. The summed E-state index contributed by atoms with van der Waals surface area (Å²) in [5, 5.41) is 5.92. The van der Waals surface area contributed by atoms with Crippen LogP contribution in [0.1, 0.15) is 36.7 Å². The molecule has 0 aliphatic carbocycles. The van der Waals surface area contributed by atoms with Crippen molar-refractivity contribution >= 4 is 50.5 Å². The Labute approximate surface area is 221 Å². The summed E-state index contributed by atoms with van der Waals surface area (Å²) < 4.78 is 31.6. The van der Waals surface area contributed by atoms with Crippen LogP contribution in [0.3, 0.4) is 0 Å². The monoisotopic (exact) mass is 541 g/mol. The number of fused-ring (bicyclic) bond motifs is 1. The summed E-state index contributed by atoms with van der Waals surface area (Å²) in [6.45, 7) is 6.10. The largest absolute Gasteiger partial charge is 0.476 e. The summed E-state index contributed by atoms with van der Waals surface area (Å²) in [6.07, 6.45) is -0.0381. The molecule has 1 atom stereocenters. The molecule has 0 saturated carbocycles. The Balaban J connectivity index is 1.46. The van der Waals surface area contributed by atoms with Gasteiger partial charge in [-0.25, -0.2) is 8.42 Å². The van der Waals surface area contributed by atoms with Crippen molar-refractivity contribution in [3.63, 3.8) is 0 Å². The Morgan fingerprint density at radius 3 is 2.24 bits per heavy atom. The number of benzene rings is 3. The Morgan fingerprint density at radius 1 is 0.973 bits per heavy atom. The number of halogens is 1. The van der Waals surface area contributed by atoms with Crippen molar-refractivity contribution in [2.75, 3.05) is 27.7 Å². The second-order valence-corrected chi connectivity index (χ2v) is 12.2. The lowest BCUT2D eigenvalue weighted by Gasteiger charge is -2.34. The zero-order chi connectivity index (χ0) is 27.0. The van der Waals surface area contributed by atoms with Gasteiger partial charge in [0, 0.05) is 22.0 Å². The predicted molar refractivity (Wildman–Crippen MR) is 146 cm³/mol. The topological polar surface area (TPSA) is 105 Å². The van der Waals surface area contributed by atoms with Crippen LogP contribution in [0.2, 0.25) is 5.02 Å². The minimum absolute atomic E-state index is 0.0168. The number of hydrogen-bond donors (Lipinski definition) is 2. The van der Waals surface area contributed by atoms with E-state index in [0.29, 0.717) is 22.0 Å². The van der Waals surface area contributed by atoms with E-state index in [1.54, 1.807) is 42.5 Å². The van der Waals surface area contributed by atoms with Gasteiger partial charge in [0.25, 0.3) is 11.8 Å². The van der Waals surface area contributed by atoms with Crippen molar-refractivity contribution < 1.29 is 22.7 Å². The number of nitrogens with one attached hydrogen (secondary N) is 2. The molecule has 8 nitrogen and oxygen atoms in total. The molecule has 0 saturated heterocycles. The molecular weight excluding hydrogens is 514 g/mol. The molecule has 0 radical (unpaired) electrons. The van der Waals surface area contributed by atoms with Gasteiger partial charge in [-0.3, -0.25) is 13.9 Å². The van der Waals surface area contributed by atoms with Gasteiger partial charge < -0.3 is 15.4 Å². The third-order valence-corrected chi connectivity index (χ3v) is 7.27. The molecule has 0 bridgehead atoms. The number of rotatable bonds is 5. The maximum Gasteiger partial charge on any atom is 0.267 e. The first kappa shape index (κ1) is 26.5. The normalized spacial score (nSPS) is 15.4. The zero-order valence-electron chi connectivity index (χ0n) is 20.9. The molecule has 1 aliphatic heterocycles. The van der Waals surface area contributed by atoms with Crippen LogP contribution in [-0.4, -0.2) is 39.1 Å². The van der Waals surface area contributed by atoms with Gasteiger partial charge in [0.15, 0.2) is 6.10 Å². The average Bonchev–Trinajstić information content (AvgIpc) is 2.82. The summed E-state index contributed by atoms with van der Waals surface area (Å²) in [7, 11) is -3.69. The Bertz CT molecular complexity index is 1450. The number of anilines is 3. The van der Waals surface area contributed by atoms with Crippen LogP contribution in [0, 0.1) is 0 Å². The Morgan fingerprint density at radius 2 is 1.62 bits per heavy atom. The fourth-order valence-corrected chi connectivity index (χ4v) is 4.97. The van der Waals surface area contributed by atoms with E-state index >= 15 is 0 Å². The molecule has 3 aromatic carbocycles. The summed E-state index contributed by atoms with van der Waals surface area (Å²) in [4.78, 5) is 25.8. The van der Waals surface area contributed by atoms with Gasteiger partial charge in [-0.1, -0.05) is 50.6 Å². The standard InChI is InChI=1S/C27H28ClN3O5S/c1-27(2,3)18-10-8-17(9-11-18)25(32)29-20-6-5-7-21(15-20)30-26(33)24-16-31(37(4,34)35)22-14-19(28)12-13-23(22)36-24/h5-15,24H,16H2,1-4H3,(H,29,32)(H,30,33)/t24-/m0/s1. The van der Waals surface area contributed by atoms with Crippen LogP contribution in [0.4, 0.5) is 17.1 Å². The first-order valence-electron chi connectivity index (χ1n) is 11.6. The average molecular weight is 542 g/mol. The number of carbonyl (C=O) groups excluding carboxylic acids is 2. The zero-order valence-corrected chi connectivity index (χ0v) is 22.5. The van der Waals surface area contributed by atoms with E-state index in [1.165, 1.54) is 12.1 Å². The van der Waals surface area contributed by atoms with Crippen molar-refractivity contribution in [1.29, 1.82) is 0 Å². The molecule has 4 rings (SSSR count). The van der Waals surface area contributed by atoms with Crippen LogP contribution in [0.15, 0.2) is 66.7 Å². The highest BCUT2D eigenvalue weighted by atomic mass is 35.5. The van der Waals surface area contributed by atoms with E-state index in [4.69, 9.17) is 16.3 Å². The third-order valence-electron chi connectivity index (χ3n) is 5.88. The fraction of sp³-hybridized carbons (Fsp3) is 0.259. The van der Waals surface area contributed by atoms with Crippen molar-refractivity contribution in [1.82, 2.24) is 0 Å². The molecular formula is C27H28ClN3O5S. The minimum Gasteiger partial charge on any atom is -0.476 e. The number of hydrogen-bond acceptors (Lipinski definition) is 5. The smallest absolute Gasteiger partial charge is 0.267 e. The van der Waals surface area contributed by atoms with Gasteiger partial charge in [0.1, 0.15) is 5.75 Å². The summed E-state index contributed by atoms with van der Waals surface area (Å²) in [5.41, 5.74) is 2.81. The minimum atomic E-state index is -3.69. The van der Waals surface area contributed by atoms with Gasteiger partial charge in [-0.2, -0.15) is 0 Å². The molecule has 0 aromatic heterocycles. The van der Waals surface area contributed by atoms with Gasteiger partial charge in [0.2, 0.25) is 10.0 Å². The van der Waals surface area contributed by atoms with E-state index in [2.05, 4.69) is 31.4 Å². The molecule has 0 unspecified atom stereocenters. The molecule has 37 heavy (non-hydrogen) atoms. The fourth-order valence-electron chi connectivity index (χ4n) is 3.90. The summed E-state index contributed by atoms with van der Waals surface area (Å²) in [6, 6.07) is 18.7. The van der Waals surface area contributed by atoms with E-state index in [-0.39, 0.29) is 29.3 Å². The van der Waals surface area contributed by atoms with Crippen LogP contribution in [-0.2, 0) is 20.2 Å². The molecule has 194 valence electrons. The molecule has 3 aromatic rings. The molecule has 2 N–H and O–H groups in total. The second kappa shape index (κ2) is 10.1. The van der Waals surface area contributed by atoms with Crippen molar-refractivity contribution in [3.05, 3.63) is 82.9 Å². The van der Waals surface area contributed by atoms with Gasteiger partial charge in [0.05, 0.1) is 18.5 Å². The first-order chi connectivity index (χ1) is 17.3. The summed E-state index contributed by atoms with van der Waals surface area (Å²) >= 11 is 6.03. The predicted octanol–water partition coefficient (Wildman–Crippen LogP) is 5.06. The summed E-state index contributed by atoms with van der Waals surface area (Å²) in [5.74, 6) is -0.575. The van der Waals surface area contributed by atoms with Crippen LogP contribution >= 0.6 is 11.6 Å². The molecule has 0 fully saturated rings. The highest BCUT2D eigenvalue weighted by Gasteiger charge is 2.35. The number of amides is 2. The van der Waals surface area contributed by atoms with Gasteiger partial charge in [-0.05, 0) is 59.5 Å². The maximum atomic E-state index is 13.0. The number of sulfonamides is 1. The first-order valence-corrected chi connectivity index (χ1v) is 13.8.